The number of rotatable bonds is 11. The van der Waals surface area contributed by atoms with E-state index in [9.17, 15) is 0 Å². The first-order valence-electron chi connectivity index (χ1n) is 10.4. The molecule has 0 fully saturated rings. The molecule has 0 saturated carbocycles. The Bertz CT molecular complexity index is 774. The van der Waals surface area contributed by atoms with Crippen molar-refractivity contribution in [3.63, 3.8) is 0 Å². The van der Waals surface area contributed by atoms with E-state index in [1.54, 1.807) is 12.7 Å². The van der Waals surface area contributed by atoms with Crippen molar-refractivity contribution in [1.29, 1.82) is 0 Å². The van der Waals surface area contributed by atoms with Gasteiger partial charge in [0.05, 0.1) is 5.54 Å². The normalized spacial score (nSPS) is 13.0. The second-order valence-corrected chi connectivity index (χ2v) is 8.20. The maximum Gasteiger partial charge on any atom is 0.137 e. The van der Waals surface area contributed by atoms with Crippen molar-refractivity contribution in [3.8, 4) is 0 Å². The average molecular weight is 392 g/mol. The quantitative estimate of drug-likeness (QED) is 0.500. The summed E-state index contributed by atoms with van der Waals surface area (Å²) in [5, 5.41) is 8.00. The number of hydrogen-bond acceptors (Lipinski definition) is 4. The topological polar surface area (TPSA) is 46.0 Å². The Labute approximate surface area is 174 Å². The maximum absolute atomic E-state index is 4.32. The van der Waals surface area contributed by atoms with Crippen molar-refractivity contribution in [2.75, 3.05) is 13.1 Å². The zero-order valence-corrected chi connectivity index (χ0v) is 17.8. The van der Waals surface area contributed by atoms with Crippen molar-refractivity contribution in [3.05, 3.63) is 84.4 Å². The van der Waals surface area contributed by atoms with Crippen LogP contribution in [0.4, 0.5) is 0 Å². The third kappa shape index (κ3) is 6.24. The highest BCUT2D eigenvalue weighted by Gasteiger charge is 2.28. The summed E-state index contributed by atoms with van der Waals surface area (Å²) in [5.74, 6) is 0. The van der Waals surface area contributed by atoms with Crippen LogP contribution in [0.5, 0.6) is 0 Å². The molecule has 0 amide bonds. The van der Waals surface area contributed by atoms with Crippen LogP contribution in [0.15, 0.2) is 73.3 Å². The zero-order valence-electron chi connectivity index (χ0n) is 17.8. The Hall–Kier alpha value is -2.50. The molecule has 2 aromatic carbocycles. The number of aromatic nitrogens is 3. The molecule has 0 aliphatic carbocycles. The molecule has 0 aliphatic heterocycles. The third-order valence-electron chi connectivity index (χ3n) is 5.67. The van der Waals surface area contributed by atoms with Gasteiger partial charge < -0.3 is 5.32 Å². The fourth-order valence-electron chi connectivity index (χ4n) is 3.47. The largest absolute Gasteiger partial charge is 0.312 e. The van der Waals surface area contributed by atoms with Crippen molar-refractivity contribution in [2.45, 2.75) is 51.9 Å². The van der Waals surface area contributed by atoms with Gasteiger partial charge in [-0.2, -0.15) is 5.10 Å². The minimum Gasteiger partial charge on any atom is -0.312 e. The Morgan fingerprint density at radius 1 is 0.966 bits per heavy atom. The molecule has 1 atom stereocenters. The van der Waals surface area contributed by atoms with Crippen LogP contribution >= 0.6 is 0 Å². The Morgan fingerprint density at radius 2 is 1.55 bits per heavy atom. The van der Waals surface area contributed by atoms with Crippen molar-refractivity contribution in [1.82, 2.24) is 25.0 Å². The van der Waals surface area contributed by atoms with Gasteiger partial charge in [-0.25, -0.2) is 9.67 Å². The summed E-state index contributed by atoms with van der Waals surface area (Å²) < 4.78 is 1.93. The highest BCUT2D eigenvalue weighted by atomic mass is 15.4. The average Bonchev–Trinajstić information content (AvgIpc) is 3.28. The van der Waals surface area contributed by atoms with Gasteiger partial charge in [0, 0.05) is 25.7 Å². The minimum atomic E-state index is -0.121. The van der Waals surface area contributed by atoms with Gasteiger partial charge in [0.25, 0.3) is 0 Å². The van der Waals surface area contributed by atoms with E-state index in [1.165, 1.54) is 11.1 Å². The van der Waals surface area contributed by atoms with Gasteiger partial charge in [-0.3, -0.25) is 4.90 Å². The molecule has 1 heterocycles. The van der Waals surface area contributed by atoms with Crippen LogP contribution in [0.25, 0.3) is 0 Å². The molecule has 29 heavy (non-hydrogen) atoms. The molecule has 0 saturated heterocycles. The molecule has 0 unspecified atom stereocenters. The van der Waals surface area contributed by atoms with Crippen LogP contribution in [0, 0.1) is 0 Å². The van der Waals surface area contributed by atoms with E-state index >= 15 is 0 Å². The highest BCUT2D eigenvalue weighted by Crippen LogP contribution is 2.18. The minimum absolute atomic E-state index is 0.121. The number of hydrogen-bond donors (Lipinski definition) is 1. The molecule has 0 aliphatic rings. The van der Waals surface area contributed by atoms with E-state index in [4.69, 9.17) is 0 Å². The van der Waals surface area contributed by atoms with Crippen molar-refractivity contribution < 1.29 is 0 Å². The molecule has 1 N–H and O–H groups in total. The van der Waals surface area contributed by atoms with Gasteiger partial charge in [0.15, 0.2) is 0 Å². The predicted molar refractivity (Wildman–Crippen MR) is 118 cm³/mol. The summed E-state index contributed by atoms with van der Waals surface area (Å²) in [6, 6.07) is 21.7. The predicted octanol–water partition coefficient (Wildman–Crippen LogP) is 4.08. The van der Waals surface area contributed by atoms with E-state index in [2.05, 4.69) is 102 Å². The van der Waals surface area contributed by atoms with E-state index < -0.39 is 0 Å². The lowest BCUT2D eigenvalue weighted by Gasteiger charge is -2.32. The molecule has 0 bridgehead atoms. The summed E-state index contributed by atoms with van der Waals surface area (Å²) in [5.41, 5.74) is 2.60. The number of benzene rings is 2. The zero-order chi connectivity index (χ0) is 20.5. The monoisotopic (exact) mass is 391 g/mol. The molecule has 1 aromatic heterocycles. The first kappa shape index (κ1) is 21.2. The summed E-state index contributed by atoms with van der Waals surface area (Å²) >= 11 is 0. The van der Waals surface area contributed by atoms with Gasteiger partial charge in [-0.1, -0.05) is 60.7 Å². The van der Waals surface area contributed by atoms with Crippen LogP contribution < -0.4 is 5.32 Å². The molecule has 5 nitrogen and oxygen atoms in total. The van der Waals surface area contributed by atoms with Crippen LogP contribution in [0.1, 0.15) is 38.3 Å². The molecular formula is C24H33N5. The van der Waals surface area contributed by atoms with E-state index in [0.717, 1.165) is 32.6 Å². The Balaban J connectivity index is 1.52. The molecular weight excluding hydrogens is 358 g/mol. The number of nitrogens with one attached hydrogen (secondary N) is 1. The molecule has 5 heteroatoms. The van der Waals surface area contributed by atoms with E-state index in [0.29, 0.717) is 6.04 Å². The van der Waals surface area contributed by atoms with Crippen LogP contribution in [-0.4, -0.2) is 38.8 Å². The lowest BCUT2D eigenvalue weighted by molar-refractivity contribution is 0.220. The molecule has 3 rings (SSSR count). The van der Waals surface area contributed by atoms with E-state index in [1.807, 2.05) is 4.68 Å². The maximum atomic E-state index is 4.32. The van der Waals surface area contributed by atoms with Gasteiger partial charge in [0.2, 0.25) is 0 Å². The standard InChI is InChI=1S/C24H33N5/c1-21(24(2,3)29-20-25-19-27-29)26-15-10-16-28(17-22-11-6-4-7-12-22)18-23-13-8-5-9-14-23/h4-9,11-14,19-21,26H,10,15-18H2,1-3H3/t21-/m0/s1. The molecule has 0 radical (unpaired) electrons. The lowest BCUT2D eigenvalue weighted by Crippen LogP contribution is -2.47. The molecule has 3 aromatic rings. The fourth-order valence-corrected chi connectivity index (χ4v) is 3.47. The Morgan fingerprint density at radius 3 is 2.07 bits per heavy atom. The van der Waals surface area contributed by atoms with Gasteiger partial charge in [-0.15, -0.1) is 0 Å². The van der Waals surface area contributed by atoms with Crippen LogP contribution in [-0.2, 0) is 18.6 Å². The fraction of sp³-hybridized carbons (Fsp3) is 0.417. The smallest absolute Gasteiger partial charge is 0.137 e. The summed E-state index contributed by atoms with van der Waals surface area (Å²) in [6.07, 6.45) is 4.48. The van der Waals surface area contributed by atoms with Gasteiger partial charge >= 0.3 is 0 Å². The summed E-state index contributed by atoms with van der Waals surface area (Å²) in [4.78, 5) is 6.62. The van der Waals surface area contributed by atoms with Gasteiger partial charge in [0.1, 0.15) is 12.7 Å². The lowest BCUT2D eigenvalue weighted by atomic mass is 9.96. The second kappa shape index (κ2) is 10.3. The van der Waals surface area contributed by atoms with Crippen LogP contribution in [0.3, 0.4) is 0 Å². The second-order valence-electron chi connectivity index (χ2n) is 8.20. The van der Waals surface area contributed by atoms with Gasteiger partial charge in [-0.05, 0) is 44.9 Å². The highest BCUT2D eigenvalue weighted by molar-refractivity contribution is 5.17. The number of nitrogens with zero attached hydrogens (tertiary/aromatic N) is 4. The van der Waals surface area contributed by atoms with E-state index in [-0.39, 0.29) is 5.54 Å². The first-order valence-corrected chi connectivity index (χ1v) is 10.4. The first-order chi connectivity index (χ1) is 14.1. The summed E-state index contributed by atoms with van der Waals surface area (Å²) in [7, 11) is 0. The summed E-state index contributed by atoms with van der Waals surface area (Å²) in [6.45, 7) is 10.6. The van der Waals surface area contributed by atoms with Crippen molar-refractivity contribution >= 4 is 0 Å². The Kier molecular flexibility index (Phi) is 7.55. The SMILES string of the molecule is C[C@H](NCCCN(Cc1ccccc1)Cc1ccccc1)C(C)(C)n1cncn1. The van der Waals surface area contributed by atoms with Crippen LogP contribution in [0.2, 0.25) is 0 Å². The molecule has 154 valence electrons. The van der Waals surface area contributed by atoms with Crippen molar-refractivity contribution in [2.24, 2.45) is 0 Å². The third-order valence-corrected chi connectivity index (χ3v) is 5.67. The molecule has 0 spiro atoms.